The van der Waals surface area contributed by atoms with Crippen LogP contribution in [0, 0.1) is 6.92 Å². The number of hydrogen-bond donors (Lipinski definition) is 1. The molecular formula is C29H28O2SSi. The predicted molar refractivity (Wildman–Crippen MR) is 140 cm³/mol. The van der Waals surface area contributed by atoms with Gasteiger partial charge in [0.15, 0.2) is 0 Å². The number of aliphatic hydroxyl groups is 1. The van der Waals surface area contributed by atoms with Crippen LogP contribution in [0.1, 0.15) is 33.9 Å². The highest BCUT2D eigenvalue weighted by molar-refractivity contribution is 7.89. The van der Waals surface area contributed by atoms with Crippen LogP contribution in [0.4, 0.5) is 0 Å². The van der Waals surface area contributed by atoms with Crippen molar-refractivity contribution in [3.05, 3.63) is 148 Å². The van der Waals surface area contributed by atoms with Gasteiger partial charge < -0.3 is 5.11 Å². The average molecular weight is 469 g/mol. The predicted octanol–water partition coefficient (Wildman–Crippen LogP) is 5.64. The van der Waals surface area contributed by atoms with E-state index in [2.05, 4.69) is 54.2 Å². The van der Waals surface area contributed by atoms with Crippen molar-refractivity contribution >= 4 is 20.3 Å². The van der Waals surface area contributed by atoms with Crippen molar-refractivity contribution < 1.29 is 9.32 Å². The molecule has 0 heterocycles. The van der Waals surface area contributed by atoms with E-state index in [1.165, 1.54) is 11.1 Å². The molecule has 2 nitrogen and oxygen atoms in total. The number of aliphatic hydroxyl groups excluding tert-OH is 1. The maximum atomic E-state index is 13.7. The van der Waals surface area contributed by atoms with E-state index in [1.807, 2.05) is 73.7 Å². The van der Waals surface area contributed by atoms with Crippen LogP contribution >= 0.6 is 0 Å². The molecule has 0 aliphatic carbocycles. The molecule has 2 atom stereocenters. The van der Waals surface area contributed by atoms with Crippen LogP contribution in [0.2, 0.25) is 0 Å². The molecule has 0 radical (unpaired) electrons. The summed E-state index contributed by atoms with van der Waals surface area (Å²) in [4.78, 5) is 1.29. The molecule has 0 aliphatic rings. The summed E-state index contributed by atoms with van der Waals surface area (Å²) < 4.78 is 13.7. The van der Waals surface area contributed by atoms with Gasteiger partial charge in [0.2, 0.25) is 0 Å². The lowest BCUT2D eigenvalue weighted by atomic mass is 10.0. The molecule has 4 rings (SSSR count). The molecule has 4 aromatic carbocycles. The first-order valence-corrected chi connectivity index (χ1v) is 13.9. The van der Waals surface area contributed by atoms with Crippen molar-refractivity contribution in [1.29, 1.82) is 0 Å². The number of benzene rings is 4. The zero-order chi connectivity index (χ0) is 23.0. The summed E-state index contributed by atoms with van der Waals surface area (Å²) in [5.41, 5.74) is 6.72. The summed E-state index contributed by atoms with van der Waals surface area (Å²) in [6, 6.07) is 38.1. The Hall–Kier alpha value is -3.05. The molecule has 1 N–H and O–H groups in total. The van der Waals surface area contributed by atoms with Crippen LogP contribution in [0.3, 0.4) is 0 Å². The van der Waals surface area contributed by atoms with Crippen molar-refractivity contribution in [1.82, 2.24) is 0 Å². The van der Waals surface area contributed by atoms with E-state index in [0.717, 1.165) is 11.1 Å². The Morgan fingerprint density at radius 2 is 1.18 bits per heavy atom. The fourth-order valence-electron chi connectivity index (χ4n) is 3.96. The highest BCUT2D eigenvalue weighted by atomic mass is 32.2. The second-order valence-electron chi connectivity index (χ2n) is 8.11. The molecule has 0 bridgehead atoms. The highest BCUT2D eigenvalue weighted by Crippen LogP contribution is 2.30. The quantitative estimate of drug-likeness (QED) is 0.340. The monoisotopic (exact) mass is 468 g/mol. The normalized spacial score (nSPS) is 14.0. The van der Waals surface area contributed by atoms with E-state index >= 15 is 0 Å². The maximum Gasteiger partial charge on any atom is 0.112 e. The van der Waals surface area contributed by atoms with Crippen LogP contribution in [-0.2, 0) is 10.8 Å². The molecule has 0 unspecified atom stereocenters. The average Bonchev–Trinajstić information content (AvgIpc) is 2.88. The van der Waals surface area contributed by atoms with Gasteiger partial charge in [-0.3, -0.25) is 0 Å². The van der Waals surface area contributed by atoms with Gasteiger partial charge >= 0.3 is 0 Å². The second-order valence-corrected chi connectivity index (χ2v) is 11.3. The number of aryl methyl sites for hydroxylation is 1. The molecule has 0 spiro atoms. The van der Waals surface area contributed by atoms with E-state index in [-0.39, 0.29) is 5.54 Å². The lowest BCUT2D eigenvalue weighted by molar-refractivity contribution is 0.224. The Balaban J connectivity index is 1.74. The third kappa shape index (κ3) is 5.85. The zero-order valence-corrected chi connectivity index (χ0v) is 20.9. The molecule has 0 saturated carbocycles. The van der Waals surface area contributed by atoms with Crippen LogP contribution in [0.5, 0.6) is 0 Å². The third-order valence-corrected chi connectivity index (χ3v) is 9.70. The van der Waals surface area contributed by atoms with Crippen LogP contribution in [0.25, 0.3) is 0 Å². The van der Waals surface area contributed by atoms with Gasteiger partial charge in [0, 0.05) is 15.3 Å². The minimum absolute atomic E-state index is 0.236. The van der Waals surface area contributed by atoms with Crippen molar-refractivity contribution in [3.8, 4) is 0 Å². The van der Waals surface area contributed by atoms with E-state index in [4.69, 9.17) is 0 Å². The molecule has 0 aliphatic heterocycles. The van der Waals surface area contributed by atoms with E-state index in [0.29, 0.717) is 9.80 Å². The Kier molecular flexibility index (Phi) is 7.84. The van der Waals surface area contributed by atoms with Gasteiger partial charge in [0.25, 0.3) is 0 Å². The molecular weight excluding hydrogens is 440 g/mol. The first kappa shape index (κ1) is 23.1. The lowest BCUT2D eigenvalue weighted by Gasteiger charge is -2.19. The first-order valence-electron chi connectivity index (χ1n) is 11.1. The van der Waals surface area contributed by atoms with Crippen molar-refractivity contribution in [2.75, 3.05) is 0 Å². The van der Waals surface area contributed by atoms with Crippen molar-refractivity contribution in [2.45, 2.75) is 23.5 Å². The first-order chi connectivity index (χ1) is 16.1. The molecule has 4 aromatic rings. The van der Waals surface area contributed by atoms with Crippen LogP contribution in [-0.4, -0.2) is 18.8 Å². The Bertz CT molecular complexity index is 1170. The van der Waals surface area contributed by atoms with E-state index in [1.54, 1.807) is 0 Å². The summed E-state index contributed by atoms with van der Waals surface area (Å²) >= 11 is 0. The van der Waals surface area contributed by atoms with Gasteiger partial charge in [0.05, 0.1) is 20.3 Å². The summed E-state index contributed by atoms with van der Waals surface area (Å²) in [7, 11) is -2.38. The summed E-state index contributed by atoms with van der Waals surface area (Å²) in [6.45, 7) is 2.01. The molecule has 33 heavy (non-hydrogen) atoms. The fraction of sp³-hybridized carbons (Fsp3) is 0.103. The van der Waals surface area contributed by atoms with Crippen molar-refractivity contribution in [2.24, 2.45) is 0 Å². The Morgan fingerprint density at radius 3 is 1.67 bits per heavy atom. The van der Waals surface area contributed by atoms with Crippen molar-refractivity contribution in [3.63, 3.8) is 0 Å². The van der Waals surface area contributed by atoms with Crippen LogP contribution < -0.4 is 0 Å². The topological polar surface area (TPSA) is 37.3 Å². The van der Waals surface area contributed by atoms with E-state index < -0.39 is 26.4 Å². The number of hydrogen-bond acceptors (Lipinski definition) is 2. The van der Waals surface area contributed by atoms with Gasteiger partial charge in [-0.1, -0.05) is 114 Å². The molecule has 0 saturated heterocycles. The molecule has 0 amide bonds. The summed E-state index contributed by atoms with van der Waals surface area (Å²) in [5, 5.41) is 11.3. The standard InChI is InChI=1S/C29H28O2SSi/c1-22-17-19-26(20-18-22)32(31)27(28(30)23-11-5-2-6-12-23)21-33-29(24-13-7-3-8-14-24)25-15-9-4-10-16-25/h2-21,28-30H,33H2,1H3/b27-21+/t28-,32+/m0/s1. The molecule has 0 fully saturated rings. The maximum absolute atomic E-state index is 13.7. The Labute approximate surface area is 200 Å². The fourth-order valence-corrected chi connectivity index (χ4v) is 7.62. The number of rotatable bonds is 8. The van der Waals surface area contributed by atoms with Gasteiger partial charge in [-0.2, -0.15) is 0 Å². The summed E-state index contributed by atoms with van der Waals surface area (Å²) in [5.74, 6) is 0. The van der Waals surface area contributed by atoms with E-state index in [9.17, 15) is 9.32 Å². The highest BCUT2D eigenvalue weighted by Gasteiger charge is 2.22. The second kappa shape index (κ2) is 11.2. The molecule has 0 aromatic heterocycles. The SMILES string of the molecule is Cc1ccc([S@@](=O)/C(=C/[SiH2]C(c2ccccc2)c2ccccc2)[C@@H](O)c2ccccc2)cc1. The van der Waals surface area contributed by atoms with Gasteiger partial charge in [-0.25, -0.2) is 4.21 Å². The van der Waals surface area contributed by atoms with Gasteiger partial charge in [-0.05, 0) is 35.7 Å². The Morgan fingerprint density at radius 1 is 0.727 bits per heavy atom. The largest absolute Gasteiger partial charge is 0.383 e. The minimum Gasteiger partial charge on any atom is -0.383 e. The third-order valence-electron chi connectivity index (χ3n) is 5.79. The zero-order valence-electron chi connectivity index (χ0n) is 18.7. The van der Waals surface area contributed by atoms with Gasteiger partial charge in [0.1, 0.15) is 6.10 Å². The smallest absolute Gasteiger partial charge is 0.112 e. The van der Waals surface area contributed by atoms with Crippen LogP contribution in [0.15, 0.2) is 131 Å². The molecule has 166 valence electrons. The minimum atomic E-state index is -1.44. The lowest BCUT2D eigenvalue weighted by Crippen LogP contribution is -2.13. The summed E-state index contributed by atoms with van der Waals surface area (Å²) in [6.07, 6.45) is -0.909. The van der Waals surface area contributed by atoms with Gasteiger partial charge in [-0.15, -0.1) is 0 Å². The molecule has 4 heteroatoms.